The summed E-state index contributed by atoms with van der Waals surface area (Å²) >= 11 is 5.39. The van der Waals surface area contributed by atoms with E-state index in [1.807, 2.05) is 0 Å². The van der Waals surface area contributed by atoms with Crippen molar-refractivity contribution in [1.29, 1.82) is 0 Å². The van der Waals surface area contributed by atoms with Crippen molar-refractivity contribution >= 4 is 0 Å². The summed E-state index contributed by atoms with van der Waals surface area (Å²) in [4.78, 5) is 0. The van der Waals surface area contributed by atoms with E-state index in [0.29, 0.717) is 0 Å². The summed E-state index contributed by atoms with van der Waals surface area (Å²) in [6, 6.07) is 0. The summed E-state index contributed by atoms with van der Waals surface area (Å²) in [5, 5.41) is 0. The minimum atomic E-state index is 0. The van der Waals surface area contributed by atoms with Crippen molar-refractivity contribution in [3.8, 4) is 0 Å². The molecule has 32 valence electrons. The normalized spacial score (nSPS) is 2.83. The van der Waals surface area contributed by atoms with Crippen LogP contribution in [0.25, 0.3) is 0 Å². The first kappa shape index (κ1) is 22.5. The molecular weight excluding hydrogens is 697 g/mol. The Labute approximate surface area is 108 Å². The van der Waals surface area contributed by atoms with Gasteiger partial charge >= 0.3 is 44.5 Å². The van der Waals surface area contributed by atoms with Gasteiger partial charge in [-0.25, -0.2) is 0 Å². The molecule has 0 rings (SSSR count). The molecule has 0 aliphatic carbocycles. The van der Waals surface area contributed by atoms with Gasteiger partial charge in [0, 0.05) is 65.8 Å². The first-order valence-corrected chi connectivity index (χ1v) is 17.1. The summed E-state index contributed by atoms with van der Waals surface area (Å²) in [7, 11) is 0. The molecule has 0 aromatic rings. The predicted molar refractivity (Wildman–Crippen MR) is 0 cm³/mol. The molecule has 0 saturated heterocycles. The van der Waals surface area contributed by atoms with Crippen LogP contribution in [0.15, 0.2) is 0 Å². The van der Waals surface area contributed by atoms with E-state index in [9.17, 15) is 0 Å². The standard InChI is InChI=1S/Fe.2Ta.2Ti.W. The Morgan fingerprint density at radius 1 is 1.33 bits per heavy atom. The maximum absolute atomic E-state index is 3.70. The van der Waals surface area contributed by atoms with Crippen molar-refractivity contribution in [1.82, 2.24) is 0 Å². The fraction of sp³-hybridized carbons (Fsp3) is 0. The molecule has 0 fully saturated rings. The van der Waals surface area contributed by atoms with Gasteiger partial charge in [0.2, 0.25) is 0 Å². The largest absolute Gasteiger partial charge is 0 e. The van der Waals surface area contributed by atoms with Crippen LogP contribution in [0.4, 0.5) is 0 Å². The van der Waals surface area contributed by atoms with E-state index in [1.165, 1.54) is 0 Å². The second-order valence-corrected chi connectivity index (χ2v) is 17.8. The molecule has 0 saturated carbocycles. The molecule has 6 heavy (non-hydrogen) atoms. The van der Waals surface area contributed by atoms with Crippen LogP contribution in [0.3, 0.4) is 0 Å². The summed E-state index contributed by atoms with van der Waals surface area (Å²) in [5.74, 6) is 0. The van der Waals surface area contributed by atoms with Gasteiger partial charge in [-0.3, -0.25) is 0 Å². The zero-order valence-electron chi connectivity index (χ0n) is 2.66. The van der Waals surface area contributed by atoms with Crippen molar-refractivity contribution in [3.05, 3.63) is 0 Å². The molecule has 0 aromatic heterocycles. The van der Waals surface area contributed by atoms with E-state index in [2.05, 4.69) is 13.4 Å². The third kappa shape index (κ3) is 24.3. The second kappa shape index (κ2) is 22.9. The number of rotatable bonds is 0. The van der Waals surface area contributed by atoms with Crippen LogP contribution in [-0.4, -0.2) is 0 Å². The molecule has 0 aromatic carbocycles. The molecule has 6 heteroatoms. The molecule has 0 amide bonds. The van der Waals surface area contributed by atoms with Gasteiger partial charge in [0.25, 0.3) is 0 Å². The minimum absolute atomic E-state index is 0. The summed E-state index contributed by atoms with van der Waals surface area (Å²) in [5.41, 5.74) is 0. The van der Waals surface area contributed by atoms with Crippen molar-refractivity contribution in [2.45, 2.75) is 0 Å². The van der Waals surface area contributed by atoms with Gasteiger partial charge in [-0.15, -0.1) is 0 Å². The summed E-state index contributed by atoms with van der Waals surface area (Å²) < 4.78 is 0. The van der Waals surface area contributed by atoms with Crippen LogP contribution < -0.4 is 0 Å². The monoisotopic (exact) mass is 698 g/mol. The SMILES string of the molecule is [Fe][W][Ta].[Ta].[Ti].[Ti]. The first-order valence-electron chi connectivity index (χ1n) is 0.327. The predicted octanol–water partition coefficient (Wildman–Crippen LogP) is -0.0150. The Balaban J connectivity index is -0.00000000667. The zero-order chi connectivity index (χ0) is 2.71. The maximum atomic E-state index is 3.70. The molecule has 0 atom stereocenters. The Hall–Kier alpha value is 4.12. The van der Waals surface area contributed by atoms with E-state index in [0.717, 1.165) is 0 Å². The van der Waals surface area contributed by atoms with E-state index in [4.69, 9.17) is 0 Å². The fourth-order valence-corrected chi connectivity index (χ4v) is 0. The van der Waals surface area contributed by atoms with E-state index in [-0.39, 0.29) is 79.0 Å². The maximum Gasteiger partial charge on any atom is 0 e. The van der Waals surface area contributed by atoms with Crippen LogP contribution in [0.5, 0.6) is 0 Å². The van der Waals surface area contributed by atoms with Crippen LogP contribution in [-0.2, 0) is 110 Å². The van der Waals surface area contributed by atoms with Crippen LogP contribution in [0, 0.1) is 0 Å². The van der Waals surface area contributed by atoms with Crippen molar-refractivity contribution in [2.75, 3.05) is 0 Å². The Bertz CT molecular complexity index is 11.5. The van der Waals surface area contributed by atoms with E-state index >= 15 is 0 Å². The van der Waals surface area contributed by atoms with Gasteiger partial charge in [0.05, 0.1) is 0 Å². The van der Waals surface area contributed by atoms with Gasteiger partial charge in [-0.05, 0) is 0 Å². The molecule has 0 bridgehead atoms. The third-order valence-corrected chi connectivity index (χ3v) is 0. The molecule has 0 spiro atoms. The van der Waals surface area contributed by atoms with Crippen LogP contribution >= 0.6 is 0 Å². The Morgan fingerprint density at radius 3 is 1.33 bits per heavy atom. The number of hydrogen-bond donors (Lipinski definition) is 0. The quantitative estimate of drug-likeness (QED) is 0.313. The number of hydrogen-bond acceptors (Lipinski definition) is 0. The van der Waals surface area contributed by atoms with Crippen molar-refractivity contribution in [2.24, 2.45) is 0 Å². The van der Waals surface area contributed by atoms with Gasteiger partial charge in [0.15, 0.2) is 0 Å². The molecule has 0 nitrogen and oxygen atoms in total. The third-order valence-electron chi connectivity index (χ3n) is 0. The zero-order valence-corrected chi connectivity index (χ0v) is 16.2. The summed E-state index contributed by atoms with van der Waals surface area (Å²) in [6.45, 7) is 0. The van der Waals surface area contributed by atoms with Gasteiger partial charge in [-0.2, -0.15) is 0 Å². The molecule has 0 aliphatic rings. The van der Waals surface area contributed by atoms with Crippen LogP contribution in [0.2, 0.25) is 0 Å². The smallest absolute Gasteiger partial charge is 0 e. The molecule has 0 aliphatic heterocycles. The Morgan fingerprint density at radius 2 is 1.33 bits per heavy atom. The fourth-order valence-electron chi connectivity index (χ4n) is 0. The van der Waals surface area contributed by atoms with Crippen LogP contribution in [0.1, 0.15) is 0 Å². The van der Waals surface area contributed by atoms with Gasteiger partial charge in [0.1, 0.15) is 0 Å². The summed E-state index contributed by atoms with van der Waals surface area (Å²) in [6.07, 6.45) is 0. The van der Waals surface area contributed by atoms with E-state index in [1.54, 1.807) is 18.0 Å². The second-order valence-electron chi connectivity index (χ2n) is 0.0645. The Kier molecular flexibility index (Phi) is 85.9. The molecular formula is FeTa2Ti2W. The topological polar surface area (TPSA) is 0 Å². The van der Waals surface area contributed by atoms with Gasteiger partial charge in [-0.1, -0.05) is 0 Å². The molecule has 0 unspecified atom stereocenters. The molecule has 1 radical (unpaired) electrons. The minimum Gasteiger partial charge on any atom is 0 e. The van der Waals surface area contributed by atoms with Crippen molar-refractivity contribution in [3.63, 3.8) is 0 Å². The van der Waals surface area contributed by atoms with Crippen molar-refractivity contribution < 1.29 is 110 Å². The van der Waals surface area contributed by atoms with E-state index < -0.39 is 0 Å². The average Bonchev–Trinajstić information content (AvgIpc) is 0.918. The first-order chi connectivity index (χ1) is 1.41. The molecule has 0 heterocycles. The van der Waals surface area contributed by atoms with Gasteiger partial charge < -0.3 is 0 Å². The average molecular weight is 697 g/mol. The molecule has 0 N–H and O–H groups in total.